The molecule has 1 amide bonds. The minimum Gasteiger partial charge on any atom is -0.493 e. The van der Waals surface area contributed by atoms with Crippen LogP contribution in [0.1, 0.15) is 24.2 Å². The Morgan fingerprint density at radius 1 is 1.13 bits per heavy atom. The molecular weight excluding hydrogens is 416 g/mol. The van der Waals surface area contributed by atoms with Crippen molar-refractivity contribution in [1.82, 2.24) is 5.32 Å². The molecule has 0 fully saturated rings. The first-order chi connectivity index (χ1) is 14.2. The lowest BCUT2D eigenvalue weighted by Gasteiger charge is -2.12. The third kappa shape index (κ3) is 6.35. The average Bonchev–Trinajstić information content (AvgIpc) is 2.71. The van der Waals surface area contributed by atoms with Crippen molar-refractivity contribution in [2.45, 2.75) is 13.8 Å². The zero-order valence-corrected chi connectivity index (χ0v) is 17.4. The summed E-state index contributed by atoms with van der Waals surface area (Å²) in [5.41, 5.74) is -0.193. The molecule has 0 aliphatic rings. The van der Waals surface area contributed by atoms with Crippen molar-refractivity contribution in [1.29, 1.82) is 0 Å². The topological polar surface area (TPSA) is 117 Å². The first-order valence-electron chi connectivity index (χ1n) is 8.95. The maximum atomic E-state index is 12.2. The van der Waals surface area contributed by atoms with Crippen LogP contribution in [0.3, 0.4) is 0 Å². The summed E-state index contributed by atoms with van der Waals surface area (Å²) in [6.07, 6.45) is 0. The minimum atomic E-state index is -0.725. The van der Waals surface area contributed by atoms with Crippen LogP contribution in [0.15, 0.2) is 36.4 Å². The van der Waals surface area contributed by atoms with Crippen LogP contribution in [0, 0.1) is 16.0 Å². The van der Waals surface area contributed by atoms with Gasteiger partial charge in [0.05, 0.1) is 17.6 Å². The number of methoxy groups -OCH3 is 1. The lowest BCUT2D eigenvalue weighted by Crippen LogP contribution is -2.31. The summed E-state index contributed by atoms with van der Waals surface area (Å²) >= 11 is 5.80. The van der Waals surface area contributed by atoms with E-state index in [9.17, 15) is 19.7 Å². The number of ether oxygens (including phenoxy) is 3. The Labute approximate surface area is 178 Å². The van der Waals surface area contributed by atoms with Gasteiger partial charge in [0.2, 0.25) is 5.75 Å². The molecule has 160 valence electrons. The molecular formula is C20H21ClN2O7. The van der Waals surface area contributed by atoms with E-state index in [0.717, 1.165) is 0 Å². The predicted molar refractivity (Wildman–Crippen MR) is 109 cm³/mol. The van der Waals surface area contributed by atoms with Gasteiger partial charge >= 0.3 is 11.7 Å². The molecule has 2 rings (SSSR count). The van der Waals surface area contributed by atoms with Crippen LogP contribution >= 0.6 is 11.6 Å². The van der Waals surface area contributed by atoms with Crippen LogP contribution in [0.4, 0.5) is 5.69 Å². The number of hydrogen-bond donors (Lipinski definition) is 1. The monoisotopic (exact) mass is 436 g/mol. The summed E-state index contributed by atoms with van der Waals surface area (Å²) in [5, 5.41) is 14.0. The first-order valence-corrected chi connectivity index (χ1v) is 9.32. The summed E-state index contributed by atoms with van der Waals surface area (Å²) in [6, 6.07) is 8.13. The number of rotatable bonds is 9. The van der Waals surface area contributed by atoms with Crippen LogP contribution in [0.25, 0.3) is 0 Å². The van der Waals surface area contributed by atoms with Gasteiger partial charge in [0.15, 0.2) is 18.1 Å². The summed E-state index contributed by atoms with van der Waals surface area (Å²) in [7, 11) is 1.35. The number of nitro groups is 1. The summed E-state index contributed by atoms with van der Waals surface area (Å²) in [6.45, 7) is 3.96. The highest BCUT2D eigenvalue weighted by atomic mass is 35.5. The van der Waals surface area contributed by atoms with E-state index in [1.165, 1.54) is 43.5 Å². The van der Waals surface area contributed by atoms with Gasteiger partial charge in [-0.15, -0.1) is 0 Å². The van der Waals surface area contributed by atoms with E-state index >= 15 is 0 Å². The molecule has 0 saturated carbocycles. The fraction of sp³-hybridized carbons (Fsp3) is 0.300. The fourth-order valence-electron chi connectivity index (χ4n) is 2.30. The molecule has 10 heteroatoms. The second-order valence-corrected chi connectivity index (χ2v) is 7.05. The van der Waals surface area contributed by atoms with E-state index in [-0.39, 0.29) is 39.4 Å². The number of carbonyl (C=O) groups is 2. The molecule has 0 spiro atoms. The highest BCUT2D eigenvalue weighted by molar-refractivity contribution is 6.30. The second kappa shape index (κ2) is 10.4. The Morgan fingerprint density at radius 2 is 1.83 bits per heavy atom. The zero-order chi connectivity index (χ0) is 22.3. The lowest BCUT2D eigenvalue weighted by molar-refractivity contribution is -0.385. The SMILES string of the molecule is COc1cc(C(=O)OCC(=O)NCC(C)C)ccc1Oc1ccc(Cl)cc1[N+](=O)[O-]. The van der Waals surface area contributed by atoms with Gasteiger partial charge < -0.3 is 19.5 Å². The van der Waals surface area contributed by atoms with E-state index in [2.05, 4.69) is 5.32 Å². The lowest BCUT2D eigenvalue weighted by atomic mass is 10.2. The van der Waals surface area contributed by atoms with Crippen molar-refractivity contribution in [3.63, 3.8) is 0 Å². The Hall–Kier alpha value is -3.33. The number of benzene rings is 2. The number of nitrogens with one attached hydrogen (secondary N) is 1. The van der Waals surface area contributed by atoms with Gasteiger partial charge in [0.25, 0.3) is 5.91 Å². The third-order valence-corrected chi connectivity index (χ3v) is 4.01. The zero-order valence-electron chi connectivity index (χ0n) is 16.6. The van der Waals surface area contributed by atoms with E-state index in [1.807, 2.05) is 13.8 Å². The number of hydrogen-bond acceptors (Lipinski definition) is 7. The molecule has 1 N–H and O–H groups in total. The number of carbonyl (C=O) groups excluding carboxylic acids is 2. The second-order valence-electron chi connectivity index (χ2n) is 6.61. The van der Waals surface area contributed by atoms with Crippen molar-refractivity contribution in [3.05, 3.63) is 57.1 Å². The molecule has 0 aliphatic carbocycles. The Kier molecular flexibility index (Phi) is 7.99. The van der Waals surface area contributed by atoms with Crippen LogP contribution in [0.2, 0.25) is 5.02 Å². The molecule has 0 heterocycles. The molecule has 0 saturated heterocycles. The number of nitro benzene ring substituents is 1. The highest BCUT2D eigenvalue weighted by Gasteiger charge is 2.19. The predicted octanol–water partition coefficient (Wildman–Crippen LogP) is 3.98. The number of amides is 1. The van der Waals surface area contributed by atoms with Crippen LogP contribution in [0.5, 0.6) is 17.2 Å². The van der Waals surface area contributed by atoms with E-state index in [4.69, 9.17) is 25.8 Å². The minimum absolute atomic E-state index is 0.0418. The molecule has 9 nitrogen and oxygen atoms in total. The van der Waals surface area contributed by atoms with Crippen molar-refractivity contribution in [3.8, 4) is 17.2 Å². The van der Waals surface area contributed by atoms with Crippen LogP contribution < -0.4 is 14.8 Å². The van der Waals surface area contributed by atoms with Crippen molar-refractivity contribution in [2.75, 3.05) is 20.3 Å². The van der Waals surface area contributed by atoms with Gasteiger partial charge in [-0.2, -0.15) is 0 Å². The highest BCUT2D eigenvalue weighted by Crippen LogP contribution is 2.37. The molecule has 0 radical (unpaired) electrons. The molecule has 0 aromatic heterocycles. The standard InChI is InChI=1S/C20H21ClN2O7/c1-12(2)10-22-19(24)11-29-20(25)13-4-6-17(18(8-13)28-3)30-16-7-5-14(21)9-15(16)23(26)27/h4-9,12H,10-11H2,1-3H3,(H,22,24). The normalized spacial score (nSPS) is 10.4. The number of esters is 1. The molecule has 30 heavy (non-hydrogen) atoms. The Morgan fingerprint density at radius 3 is 2.47 bits per heavy atom. The van der Waals surface area contributed by atoms with Gasteiger partial charge in [-0.1, -0.05) is 25.4 Å². The number of nitrogens with zero attached hydrogens (tertiary/aromatic N) is 1. The average molecular weight is 437 g/mol. The first kappa shape index (κ1) is 23.0. The van der Waals surface area contributed by atoms with E-state index in [1.54, 1.807) is 0 Å². The van der Waals surface area contributed by atoms with Gasteiger partial charge in [0.1, 0.15) is 0 Å². The van der Waals surface area contributed by atoms with E-state index < -0.39 is 23.4 Å². The molecule has 0 aliphatic heterocycles. The van der Waals surface area contributed by atoms with Crippen molar-refractivity contribution < 1.29 is 28.7 Å². The van der Waals surface area contributed by atoms with Gasteiger partial charge in [-0.25, -0.2) is 4.79 Å². The van der Waals surface area contributed by atoms with Gasteiger partial charge in [-0.05, 0) is 36.2 Å². The third-order valence-electron chi connectivity index (χ3n) is 3.78. The molecule has 0 bridgehead atoms. The summed E-state index contributed by atoms with van der Waals surface area (Å²) < 4.78 is 15.8. The molecule has 2 aromatic carbocycles. The van der Waals surface area contributed by atoms with Gasteiger partial charge in [-0.3, -0.25) is 14.9 Å². The maximum absolute atomic E-state index is 12.2. The summed E-state index contributed by atoms with van der Waals surface area (Å²) in [4.78, 5) is 34.5. The van der Waals surface area contributed by atoms with Crippen molar-refractivity contribution >= 4 is 29.2 Å². The van der Waals surface area contributed by atoms with Crippen molar-refractivity contribution in [2.24, 2.45) is 5.92 Å². The van der Waals surface area contributed by atoms with Crippen LogP contribution in [-0.4, -0.2) is 37.1 Å². The molecule has 2 aromatic rings. The van der Waals surface area contributed by atoms with Gasteiger partial charge in [0, 0.05) is 17.6 Å². The molecule has 0 atom stereocenters. The largest absolute Gasteiger partial charge is 0.493 e. The summed E-state index contributed by atoms with van der Waals surface area (Å²) in [5.74, 6) is -0.596. The molecule has 0 unspecified atom stereocenters. The smallest absolute Gasteiger partial charge is 0.338 e. The quantitative estimate of drug-likeness (QED) is 0.359. The number of halogens is 1. The van der Waals surface area contributed by atoms with E-state index in [0.29, 0.717) is 6.54 Å². The maximum Gasteiger partial charge on any atom is 0.338 e. The van der Waals surface area contributed by atoms with Crippen LogP contribution in [-0.2, 0) is 9.53 Å². The Bertz CT molecular complexity index is 947. The fourth-order valence-corrected chi connectivity index (χ4v) is 2.47. The Balaban J connectivity index is 2.12.